The molecule has 0 spiro atoms. The lowest BCUT2D eigenvalue weighted by Gasteiger charge is -2.52. The molecule has 4 rings (SSSR count). The number of hydrogen-bond donors (Lipinski definition) is 1. The van der Waals surface area contributed by atoms with E-state index in [0.29, 0.717) is 30.2 Å². The fourth-order valence-corrected chi connectivity index (χ4v) is 4.80. The minimum atomic E-state index is -0.00506. The number of nitrogens with one attached hydrogen (secondary N) is 1. The number of fused-ring (bicyclic) bond motifs is 4. The van der Waals surface area contributed by atoms with Crippen molar-refractivity contribution in [2.45, 2.75) is 45.1 Å². The van der Waals surface area contributed by atoms with Gasteiger partial charge in [0.2, 0.25) is 5.91 Å². The number of benzene rings is 1. The average Bonchev–Trinajstić information content (AvgIpc) is 2.63. The second kappa shape index (κ2) is 6.70. The van der Waals surface area contributed by atoms with E-state index in [9.17, 15) is 9.59 Å². The van der Waals surface area contributed by atoms with Gasteiger partial charge in [-0.15, -0.1) is 0 Å². The Bertz CT molecular complexity index is 657. The van der Waals surface area contributed by atoms with Crippen LogP contribution in [0.3, 0.4) is 0 Å². The zero-order valence-corrected chi connectivity index (χ0v) is 14.9. The molecule has 3 amide bonds. The lowest BCUT2D eigenvalue weighted by molar-refractivity contribution is -0.144. The highest BCUT2D eigenvalue weighted by Crippen LogP contribution is 2.38. The first-order chi connectivity index (χ1) is 12.1. The average molecular weight is 341 g/mol. The van der Waals surface area contributed by atoms with Crippen molar-refractivity contribution in [2.24, 2.45) is 11.8 Å². The van der Waals surface area contributed by atoms with Gasteiger partial charge in [0.1, 0.15) is 0 Å². The molecular formula is C20H27N3O2. The van der Waals surface area contributed by atoms with E-state index in [2.05, 4.69) is 29.3 Å². The van der Waals surface area contributed by atoms with Crippen LogP contribution in [0.25, 0.3) is 0 Å². The first kappa shape index (κ1) is 16.4. The van der Waals surface area contributed by atoms with Crippen molar-refractivity contribution in [3.8, 4) is 0 Å². The summed E-state index contributed by atoms with van der Waals surface area (Å²) in [6, 6.07) is 8.41. The zero-order chi connectivity index (χ0) is 17.4. The summed E-state index contributed by atoms with van der Waals surface area (Å²) in [6.45, 7) is 4.48. The van der Waals surface area contributed by atoms with Crippen LogP contribution >= 0.6 is 0 Å². The van der Waals surface area contributed by atoms with E-state index in [1.165, 1.54) is 5.56 Å². The lowest BCUT2D eigenvalue weighted by atomic mass is 9.76. The molecule has 5 heteroatoms. The van der Waals surface area contributed by atoms with Gasteiger partial charge in [0.15, 0.2) is 0 Å². The van der Waals surface area contributed by atoms with Gasteiger partial charge in [-0.3, -0.25) is 4.79 Å². The number of rotatable bonds is 2. The Labute approximate surface area is 149 Å². The molecule has 1 N–H and O–H groups in total. The minimum Gasteiger partial charge on any atom is -0.339 e. The molecule has 2 bridgehead atoms. The van der Waals surface area contributed by atoms with Crippen molar-refractivity contribution in [1.29, 1.82) is 0 Å². The van der Waals surface area contributed by atoms with Crippen LogP contribution in [0.5, 0.6) is 0 Å². The highest BCUT2D eigenvalue weighted by atomic mass is 16.2. The fourth-order valence-electron chi connectivity index (χ4n) is 4.80. The highest BCUT2D eigenvalue weighted by Gasteiger charge is 2.44. The quantitative estimate of drug-likeness (QED) is 0.898. The lowest BCUT2D eigenvalue weighted by Crippen LogP contribution is -2.61. The largest absolute Gasteiger partial charge is 0.339 e. The van der Waals surface area contributed by atoms with Crippen molar-refractivity contribution < 1.29 is 9.59 Å². The summed E-state index contributed by atoms with van der Waals surface area (Å²) in [5, 5.41) is 3.04. The van der Waals surface area contributed by atoms with Crippen LogP contribution in [0.2, 0.25) is 0 Å². The van der Waals surface area contributed by atoms with Gasteiger partial charge in [-0.2, -0.15) is 0 Å². The summed E-state index contributed by atoms with van der Waals surface area (Å²) in [6.07, 6.45) is 4.95. The van der Waals surface area contributed by atoms with Crippen LogP contribution in [0, 0.1) is 11.8 Å². The first-order valence-electron chi connectivity index (χ1n) is 9.58. The maximum atomic E-state index is 12.7. The Morgan fingerprint density at radius 3 is 2.76 bits per heavy atom. The molecule has 5 nitrogen and oxygen atoms in total. The Hall–Kier alpha value is -2.04. The van der Waals surface area contributed by atoms with E-state index in [0.717, 1.165) is 51.0 Å². The second-order valence-electron chi connectivity index (χ2n) is 7.75. The van der Waals surface area contributed by atoms with Crippen molar-refractivity contribution in [3.63, 3.8) is 0 Å². The van der Waals surface area contributed by atoms with Crippen molar-refractivity contribution in [2.75, 3.05) is 25.0 Å². The number of amides is 3. The fraction of sp³-hybridized carbons (Fsp3) is 0.600. The van der Waals surface area contributed by atoms with E-state index in [1.54, 1.807) is 0 Å². The molecule has 3 saturated heterocycles. The molecule has 3 heterocycles. The smallest absolute Gasteiger partial charge is 0.321 e. The molecule has 3 atom stereocenters. The Morgan fingerprint density at radius 2 is 2.00 bits per heavy atom. The van der Waals surface area contributed by atoms with E-state index >= 15 is 0 Å². The zero-order valence-electron chi connectivity index (χ0n) is 14.9. The number of likely N-dealkylation sites (tertiary alicyclic amines) is 1. The summed E-state index contributed by atoms with van der Waals surface area (Å²) in [5.41, 5.74) is 2.12. The van der Waals surface area contributed by atoms with E-state index < -0.39 is 0 Å². The topological polar surface area (TPSA) is 52.7 Å². The summed E-state index contributed by atoms with van der Waals surface area (Å²) in [7, 11) is 0. The monoisotopic (exact) mass is 341 g/mol. The molecule has 0 aromatic heterocycles. The van der Waals surface area contributed by atoms with Gasteiger partial charge in [-0.1, -0.05) is 19.1 Å². The molecule has 134 valence electrons. The van der Waals surface area contributed by atoms with Gasteiger partial charge in [-0.25, -0.2) is 4.79 Å². The third-order valence-electron chi connectivity index (χ3n) is 6.08. The molecule has 1 aromatic carbocycles. The molecule has 0 aliphatic carbocycles. The van der Waals surface area contributed by atoms with Crippen LogP contribution in [0.1, 0.15) is 38.2 Å². The van der Waals surface area contributed by atoms with Crippen LogP contribution in [0.4, 0.5) is 10.5 Å². The van der Waals surface area contributed by atoms with Gasteiger partial charge in [0.05, 0.1) is 0 Å². The Kier molecular flexibility index (Phi) is 4.40. The standard InChI is InChI=1S/C20H27N3O2/c1-2-14-6-8-17(9-7-14)21-20(25)22-11-15-10-16(13-22)18-4-3-5-19(24)23(18)12-15/h6-9,15-16,18H,2-5,10-13H2,1H3,(H,21,25)/t15-,16-,18-/m1/s1. The van der Waals surface area contributed by atoms with Gasteiger partial charge in [0.25, 0.3) is 0 Å². The Morgan fingerprint density at radius 1 is 1.20 bits per heavy atom. The molecular weight excluding hydrogens is 314 g/mol. The second-order valence-corrected chi connectivity index (χ2v) is 7.75. The number of aryl methyl sites for hydroxylation is 1. The summed E-state index contributed by atoms with van der Waals surface area (Å²) < 4.78 is 0. The molecule has 0 saturated carbocycles. The predicted octanol–water partition coefficient (Wildman–Crippen LogP) is 3.11. The van der Waals surface area contributed by atoms with Crippen molar-refractivity contribution in [3.05, 3.63) is 29.8 Å². The molecule has 0 radical (unpaired) electrons. The van der Waals surface area contributed by atoms with Gasteiger partial charge >= 0.3 is 6.03 Å². The molecule has 3 aliphatic rings. The minimum absolute atomic E-state index is 0.00506. The van der Waals surface area contributed by atoms with E-state index in [-0.39, 0.29) is 6.03 Å². The van der Waals surface area contributed by atoms with E-state index in [1.807, 2.05) is 17.0 Å². The van der Waals surface area contributed by atoms with Crippen LogP contribution in [-0.2, 0) is 11.2 Å². The van der Waals surface area contributed by atoms with Gasteiger partial charge in [-0.05, 0) is 55.2 Å². The first-order valence-corrected chi connectivity index (χ1v) is 9.58. The summed E-state index contributed by atoms with van der Waals surface area (Å²) in [5.74, 6) is 1.18. The number of nitrogens with zero attached hydrogens (tertiary/aromatic N) is 2. The highest BCUT2D eigenvalue weighted by molar-refractivity contribution is 5.89. The molecule has 3 fully saturated rings. The van der Waals surface area contributed by atoms with Crippen LogP contribution in [0.15, 0.2) is 24.3 Å². The van der Waals surface area contributed by atoms with Crippen molar-refractivity contribution >= 4 is 17.6 Å². The SMILES string of the molecule is CCc1ccc(NC(=O)N2C[C@H]3C[C@H](C2)[C@H]2CCCC(=O)N2C3)cc1. The normalized spacial score (nSPS) is 28.5. The van der Waals surface area contributed by atoms with E-state index in [4.69, 9.17) is 0 Å². The number of hydrogen-bond acceptors (Lipinski definition) is 2. The molecule has 0 unspecified atom stereocenters. The number of carbonyl (C=O) groups is 2. The molecule has 1 aromatic rings. The van der Waals surface area contributed by atoms with Crippen LogP contribution < -0.4 is 5.32 Å². The predicted molar refractivity (Wildman–Crippen MR) is 97.4 cm³/mol. The number of anilines is 1. The maximum Gasteiger partial charge on any atom is 0.321 e. The third kappa shape index (κ3) is 3.24. The van der Waals surface area contributed by atoms with Crippen molar-refractivity contribution in [1.82, 2.24) is 9.80 Å². The number of piperidine rings is 3. The Balaban J connectivity index is 1.42. The third-order valence-corrected chi connectivity index (χ3v) is 6.08. The number of urea groups is 1. The summed E-state index contributed by atoms with van der Waals surface area (Å²) >= 11 is 0. The van der Waals surface area contributed by atoms with Crippen LogP contribution in [-0.4, -0.2) is 47.4 Å². The van der Waals surface area contributed by atoms with Gasteiger partial charge in [0, 0.05) is 37.8 Å². The maximum absolute atomic E-state index is 12.7. The number of carbonyl (C=O) groups excluding carboxylic acids is 2. The van der Waals surface area contributed by atoms with Gasteiger partial charge < -0.3 is 15.1 Å². The summed E-state index contributed by atoms with van der Waals surface area (Å²) in [4.78, 5) is 29.0. The molecule has 25 heavy (non-hydrogen) atoms. The molecule has 3 aliphatic heterocycles.